The summed E-state index contributed by atoms with van der Waals surface area (Å²) in [6, 6.07) is 8.53. The summed E-state index contributed by atoms with van der Waals surface area (Å²) in [5.41, 5.74) is 1.54. The molecule has 0 amide bonds. The Labute approximate surface area is 168 Å². The minimum Gasteiger partial charge on any atom is -0.371 e. The van der Waals surface area contributed by atoms with E-state index in [2.05, 4.69) is 66.0 Å². The lowest BCUT2D eigenvalue weighted by atomic mass is 9.96. The first-order valence-corrected chi connectivity index (χ1v) is 10.0. The van der Waals surface area contributed by atoms with Gasteiger partial charge in [0, 0.05) is 30.1 Å². The predicted octanol–water partition coefficient (Wildman–Crippen LogP) is 3.33. The van der Waals surface area contributed by atoms with Crippen LogP contribution in [0.25, 0.3) is 0 Å². The lowest BCUT2D eigenvalue weighted by Gasteiger charge is -2.19. The van der Waals surface area contributed by atoms with Crippen LogP contribution in [0.4, 0.5) is 0 Å². The van der Waals surface area contributed by atoms with E-state index in [1.807, 2.05) is 13.8 Å². The highest BCUT2D eigenvalue weighted by molar-refractivity contribution is 9.10. The molecule has 1 aliphatic carbocycles. The van der Waals surface area contributed by atoms with Crippen molar-refractivity contribution in [1.29, 1.82) is 0 Å². The monoisotopic (exact) mass is 435 g/mol. The van der Waals surface area contributed by atoms with Gasteiger partial charge in [-0.05, 0) is 44.4 Å². The van der Waals surface area contributed by atoms with Crippen molar-refractivity contribution < 1.29 is 9.26 Å². The van der Waals surface area contributed by atoms with Gasteiger partial charge in [-0.1, -0.05) is 33.2 Å². The molecule has 7 nitrogen and oxygen atoms in total. The molecule has 1 atom stereocenters. The molecule has 2 aromatic rings. The van der Waals surface area contributed by atoms with Gasteiger partial charge in [-0.15, -0.1) is 0 Å². The second-order valence-corrected chi connectivity index (χ2v) is 7.63. The van der Waals surface area contributed by atoms with Crippen molar-refractivity contribution in [3.63, 3.8) is 0 Å². The highest BCUT2D eigenvalue weighted by atomic mass is 79.9. The Morgan fingerprint density at radius 3 is 2.89 bits per heavy atom. The van der Waals surface area contributed by atoms with Crippen LogP contribution in [-0.4, -0.2) is 36.3 Å². The van der Waals surface area contributed by atoms with Crippen LogP contribution >= 0.6 is 15.9 Å². The lowest BCUT2D eigenvalue weighted by Crippen LogP contribution is -2.41. The van der Waals surface area contributed by atoms with Gasteiger partial charge in [0.05, 0.1) is 6.54 Å². The van der Waals surface area contributed by atoms with Crippen molar-refractivity contribution in [2.45, 2.75) is 44.8 Å². The molecule has 0 bridgehead atoms. The highest BCUT2D eigenvalue weighted by Crippen LogP contribution is 2.48. The SMILES string of the molecule is CCOC(C)c1noc(CNC(=NC)NCC2(c3cccc(Br)c3)CC2)n1. The molecule has 0 saturated heterocycles. The van der Waals surface area contributed by atoms with E-state index in [0.29, 0.717) is 30.8 Å². The van der Waals surface area contributed by atoms with E-state index in [0.717, 1.165) is 11.0 Å². The minimum absolute atomic E-state index is 0.176. The molecule has 8 heteroatoms. The van der Waals surface area contributed by atoms with Gasteiger partial charge >= 0.3 is 0 Å². The molecule has 1 saturated carbocycles. The average molecular weight is 436 g/mol. The second kappa shape index (κ2) is 8.84. The zero-order valence-corrected chi connectivity index (χ0v) is 17.5. The number of rotatable bonds is 8. The number of halogens is 1. The summed E-state index contributed by atoms with van der Waals surface area (Å²) in [6.45, 7) is 5.70. The number of nitrogens with one attached hydrogen (secondary N) is 2. The molecular formula is C19H26BrN5O2. The van der Waals surface area contributed by atoms with Crippen LogP contribution < -0.4 is 10.6 Å². The number of aliphatic imine (C=N–C) groups is 1. The van der Waals surface area contributed by atoms with Gasteiger partial charge in [0.1, 0.15) is 6.10 Å². The zero-order valence-electron chi connectivity index (χ0n) is 16.0. The zero-order chi connectivity index (χ0) is 19.3. The van der Waals surface area contributed by atoms with Crippen molar-refractivity contribution >= 4 is 21.9 Å². The van der Waals surface area contributed by atoms with Crippen molar-refractivity contribution in [1.82, 2.24) is 20.8 Å². The summed E-state index contributed by atoms with van der Waals surface area (Å²) < 4.78 is 11.9. The molecule has 0 spiro atoms. The van der Waals surface area contributed by atoms with Crippen molar-refractivity contribution in [3.05, 3.63) is 46.0 Å². The van der Waals surface area contributed by atoms with Crippen LogP contribution in [0.3, 0.4) is 0 Å². The molecule has 1 unspecified atom stereocenters. The van der Waals surface area contributed by atoms with E-state index in [1.165, 1.54) is 18.4 Å². The van der Waals surface area contributed by atoms with E-state index in [-0.39, 0.29) is 11.5 Å². The molecule has 146 valence electrons. The third-order valence-electron chi connectivity index (χ3n) is 4.78. The van der Waals surface area contributed by atoms with E-state index < -0.39 is 0 Å². The van der Waals surface area contributed by atoms with Crippen LogP contribution in [-0.2, 0) is 16.7 Å². The molecule has 2 N–H and O–H groups in total. The molecule has 0 radical (unpaired) electrons. The average Bonchev–Trinajstić information content (AvgIpc) is 3.31. The first kappa shape index (κ1) is 19.8. The minimum atomic E-state index is -0.176. The fraction of sp³-hybridized carbons (Fsp3) is 0.526. The molecule has 1 aromatic heterocycles. The van der Waals surface area contributed by atoms with E-state index in [9.17, 15) is 0 Å². The van der Waals surface area contributed by atoms with E-state index >= 15 is 0 Å². The summed E-state index contributed by atoms with van der Waals surface area (Å²) in [4.78, 5) is 8.65. The molecule has 0 aliphatic heterocycles. The summed E-state index contributed by atoms with van der Waals surface area (Å²) in [5, 5.41) is 10.6. The number of hydrogen-bond acceptors (Lipinski definition) is 5. The molecule has 3 rings (SSSR count). The third-order valence-corrected chi connectivity index (χ3v) is 5.27. The van der Waals surface area contributed by atoms with Gasteiger partial charge in [0.15, 0.2) is 11.8 Å². The predicted molar refractivity (Wildman–Crippen MR) is 108 cm³/mol. The van der Waals surface area contributed by atoms with Crippen LogP contribution in [0.5, 0.6) is 0 Å². The quantitative estimate of drug-likeness (QED) is 0.488. The lowest BCUT2D eigenvalue weighted by molar-refractivity contribution is 0.0683. The Kier molecular flexibility index (Phi) is 6.49. The van der Waals surface area contributed by atoms with E-state index in [1.54, 1.807) is 7.05 Å². The Bertz CT molecular complexity index is 788. The molecule has 27 heavy (non-hydrogen) atoms. The number of nitrogens with zero attached hydrogens (tertiary/aromatic N) is 3. The standard InChI is InChI=1S/C19H26BrN5O2/c1-4-26-13(2)17-24-16(27-25-17)11-22-18(21-3)23-12-19(8-9-19)14-6-5-7-15(20)10-14/h5-7,10,13H,4,8-9,11-12H2,1-3H3,(H2,21,22,23). The first-order valence-electron chi connectivity index (χ1n) is 9.21. The molecule has 1 aromatic carbocycles. The molecule has 1 fully saturated rings. The highest BCUT2D eigenvalue weighted by Gasteiger charge is 2.44. The topological polar surface area (TPSA) is 84.6 Å². The van der Waals surface area contributed by atoms with Crippen molar-refractivity contribution in [3.8, 4) is 0 Å². The summed E-state index contributed by atoms with van der Waals surface area (Å²) in [6.07, 6.45) is 2.18. The van der Waals surface area contributed by atoms with Crippen molar-refractivity contribution in [2.24, 2.45) is 4.99 Å². The Hall–Kier alpha value is -1.93. The molecular weight excluding hydrogens is 410 g/mol. The van der Waals surface area contributed by atoms with Crippen molar-refractivity contribution in [2.75, 3.05) is 20.2 Å². The number of guanidine groups is 1. The summed E-state index contributed by atoms with van der Waals surface area (Å²) >= 11 is 3.56. The first-order chi connectivity index (χ1) is 13.1. The number of aromatic nitrogens is 2. The van der Waals surface area contributed by atoms with Crippen LogP contribution in [0.2, 0.25) is 0 Å². The summed E-state index contributed by atoms with van der Waals surface area (Å²) in [7, 11) is 1.75. The number of benzene rings is 1. The van der Waals surface area contributed by atoms with Crippen LogP contribution in [0, 0.1) is 0 Å². The maximum absolute atomic E-state index is 5.48. The fourth-order valence-corrected chi connectivity index (χ4v) is 3.40. The number of ether oxygens (including phenoxy) is 1. The molecule has 1 aliphatic rings. The van der Waals surface area contributed by atoms with Crippen LogP contribution in [0.1, 0.15) is 50.1 Å². The fourth-order valence-electron chi connectivity index (χ4n) is 3.00. The van der Waals surface area contributed by atoms with Gasteiger partial charge in [-0.25, -0.2) is 0 Å². The number of hydrogen-bond donors (Lipinski definition) is 2. The smallest absolute Gasteiger partial charge is 0.246 e. The maximum Gasteiger partial charge on any atom is 0.246 e. The Morgan fingerprint density at radius 1 is 1.41 bits per heavy atom. The van der Waals surface area contributed by atoms with Gasteiger partial charge in [-0.3, -0.25) is 4.99 Å². The Balaban J connectivity index is 1.52. The second-order valence-electron chi connectivity index (χ2n) is 6.71. The summed E-state index contributed by atoms with van der Waals surface area (Å²) in [5.74, 6) is 1.78. The largest absolute Gasteiger partial charge is 0.371 e. The van der Waals surface area contributed by atoms with Gasteiger partial charge < -0.3 is 19.9 Å². The Morgan fingerprint density at radius 2 is 2.22 bits per heavy atom. The van der Waals surface area contributed by atoms with Gasteiger partial charge in [-0.2, -0.15) is 4.98 Å². The normalized spacial score (nSPS) is 16.8. The molecule has 1 heterocycles. The van der Waals surface area contributed by atoms with Crippen LogP contribution in [0.15, 0.2) is 38.3 Å². The van der Waals surface area contributed by atoms with E-state index in [4.69, 9.17) is 9.26 Å². The van der Waals surface area contributed by atoms with Gasteiger partial charge in [0.25, 0.3) is 0 Å². The third kappa shape index (κ3) is 5.07. The maximum atomic E-state index is 5.48. The van der Waals surface area contributed by atoms with Gasteiger partial charge in [0.2, 0.25) is 5.89 Å².